The molecule has 0 aliphatic carbocycles. The van der Waals surface area contributed by atoms with Crippen LogP contribution in [0.2, 0.25) is 0 Å². The van der Waals surface area contributed by atoms with E-state index < -0.39 is 0 Å². The van der Waals surface area contributed by atoms with Gasteiger partial charge < -0.3 is 10.6 Å². The summed E-state index contributed by atoms with van der Waals surface area (Å²) in [6.07, 6.45) is 5.37. The van der Waals surface area contributed by atoms with E-state index in [9.17, 15) is 0 Å². The lowest BCUT2D eigenvalue weighted by Crippen LogP contribution is -2.10. The Balaban J connectivity index is 2.58. The number of anilines is 2. The predicted molar refractivity (Wildman–Crippen MR) is 82.8 cm³/mol. The van der Waals surface area contributed by atoms with E-state index in [0.29, 0.717) is 5.92 Å². The standard InChI is InChI=1S/C15H28N4/c1-11(2)8-6-7-9-17-15-13(12(3)4)14(16-5)18-10-19-15/h10-12H,6-9H2,1-5H3,(H2,16,17,18,19). The third-order valence-corrected chi connectivity index (χ3v) is 3.20. The fourth-order valence-electron chi connectivity index (χ4n) is 2.17. The molecule has 4 nitrogen and oxygen atoms in total. The topological polar surface area (TPSA) is 49.8 Å². The van der Waals surface area contributed by atoms with E-state index in [1.807, 2.05) is 7.05 Å². The van der Waals surface area contributed by atoms with Crippen LogP contribution in [0.4, 0.5) is 11.6 Å². The van der Waals surface area contributed by atoms with Gasteiger partial charge in [-0.05, 0) is 18.3 Å². The van der Waals surface area contributed by atoms with Gasteiger partial charge in [-0.15, -0.1) is 0 Å². The molecule has 0 atom stereocenters. The maximum atomic E-state index is 4.38. The molecule has 0 fully saturated rings. The van der Waals surface area contributed by atoms with Crippen LogP contribution in [0.15, 0.2) is 6.33 Å². The second-order valence-electron chi connectivity index (χ2n) is 5.71. The van der Waals surface area contributed by atoms with Crippen molar-refractivity contribution < 1.29 is 0 Å². The van der Waals surface area contributed by atoms with E-state index in [1.165, 1.54) is 24.8 Å². The van der Waals surface area contributed by atoms with Gasteiger partial charge in [-0.1, -0.05) is 40.5 Å². The molecule has 0 radical (unpaired) electrons. The van der Waals surface area contributed by atoms with Crippen LogP contribution in [0.1, 0.15) is 58.4 Å². The molecular formula is C15H28N4. The first-order chi connectivity index (χ1) is 9.06. The Morgan fingerprint density at radius 2 is 1.74 bits per heavy atom. The van der Waals surface area contributed by atoms with Crippen molar-refractivity contribution >= 4 is 11.6 Å². The van der Waals surface area contributed by atoms with Crippen LogP contribution in [0.25, 0.3) is 0 Å². The average molecular weight is 264 g/mol. The van der Waals surface area contributed by atoms with Gasteiger partial charge in [0.05, 0.1) is 0 Å². The molecule has 108 valence electrons. The quantitative estimate of drug-likeness (QED) is 0.700. The minimum absolute atomic E-state index is 0.404. The van der Waals surface area contributed by atoms with Gasteiger partial charge in [0.2, 0.25) is 0 Å². The normalized spacial score (nSPS) is 11.1. The Kier molecular flexibility index (Phi) is 6.60. The lowest BCUT2D eigenvalue weighted by Gasteiger charge is -2.16. The van der Waals surface area contributed by atoms with Crippen LogP contribution >= 0.6 is 0 Å². The van der Waals surface area contributed by atoms with E-state index in [0.717, 1.165) is 24.1 Å². The maximum Gasteiger partial charge on any atom is 0.134 e. The molecule has 1 rings (SSSR count). The summed E-state index contributed by atoms with van der Waals surface area (Å²) in [6.45, 7) is 9.86. The Morgan fingerprint density at radius 3 is 2.32 bits per heavy atom. The van der Waals surface area contributed by atoms with Crippen LogP contribution in [-0.2, 0) is 0 Å². The van der Waals surface area contributed by atoms with E-state index in [1.54, 1.807) is 6.33 Å². The molecule has 2 N–H and O–H groups in total. The third-order valence-electron chi connectivity index (χ3n) is 3.20. The van der Waals surface area contributed by atoms with Gasteiger partial charge in [-0.2, -0.15) is 0 Å². The fourth-order valence-corrected chi connectivity index (χ4v) is 2.17. The first-order valence-electron chi connectivity index (χ1n) is 7.32. The highest BCUT2D eigenvalue weighted by Crippen LogP contribution is 2.27. The van der Waals surface area contributed by atoms with Gasteiger partial charge in [0, 0.05) is 19.2 Å². The summed E-state index contributed by atoms with van der Waals surface area (Å²) >= 11 is 0. The first kappa shape index (κ1) is 15.7. The Labute approximate surface area is 117 Å². The summed E-state index contributed by atoms with van der Waals surface area (Å²) < 4.78 is 0. The molecule has 0 spiro atoms. The number of nitrogens with zero attached hydrogens (tertiary/aromatic N) is 2. The number of aromatic nitrogens is 2. The molecule has 1 aromatic heterocycles. The number of hydrogen-bond acceptors (Lipinski definition) is 4. The van der Waals surface area contributed by atoms with E-state index in [2.05, 4.69) is 48.3 Å². The van der Waals surface area contributed by atoms with Crippen molar-refractivity contribution in [2.24, 2.45) is 5.92 Å². The van der Waals surface area contributed by atoms with Gasteiger partial charge in [0.1, 0.15) is 18.0 Å². The Bertz CT molecular complexity index is 374. The SMILES string of the molecule is CNc1ncnc(NCCCCC(C)C)c1C(C)C. The number of rotatable bonds is 8. The van der Waals surface area contributed by atoms with Crippen molar-refractivity contribution in [3.63, 3.8) is 0 Å². The van der Waals surface area contributed by atoms with Crippen LogP contribution in [0, 0.1) is 5.92 Å². The maximum absolute atomic E-state index is 4.38. The van der Waals surface area contributed by atoms with Gasteiger partial charge in [0.15, 0.2) is 0 Å². The van der Waals surface area contributed by atoms with Crippen LogP contribution < -0.4 is 10.6 Å². The molecule has 4 heteroatoms. The minimum Gasteiger partial charge on any atom is -0.373 e. The highest BCUT2D eigenvalue weighted by Gasteiger charge is 2.13. The molecule has 0 saturated carbocycles. The summed E-state index contributed by atoms with van der Waals surface area (Å²) in [4.78, 5) is 8.66. The second kappa shape index (κ2) is 7.97. The summed E-state index contributed by atoms with van der Waals surface area (Å²) in [5.74, 6) is 3.09. The largest absolute Gasteiger partial charge is 0.373 e. The fraction of sp³-hybridized carbons (Fsp3) is 0.733. The second-order valence-corrected chi connectivity index (χ2v) is 5.71. The first-order valence-corrected chi connectivity index (χ1v) is 7.32. The summed E-state index contributed by atoms with van der Waals surface area (Å²) in [6, 6.07) is 0. The van der Waals surface area contributed by atoms with Gasteiger partial charge in [0.25, 0.3) is 0 Å². The average Bonchev–Trinajstić information content (AvgIpc) is 2.37. The minimum atomic E-state index is 0.404. The number of nitrogens with one attached hydrogen (secondary N) is 2. The molecule has 0 unspecified atom stereocenters. The zero-order valence-electron chi connectivity index (χ0n) is 13.0. The van der Waals surface area contributed by atoms with Crippen molar-refractivity contribution in [3.05, 3.63) is 11.9 Å². The Morgan fingerprint density at radius 1 is 1.05 bits per heavy atom. The molecule has 0 aromatic carbocycles. The highest BCUT2D eigenvalue weighted by atomic mass is 15.1. The van der Waals surface area contributed by atoms with Gasteiger partial charge in [-0.3, -0.25) is 0 Å². The lowest BCUT2D eigenvalue weighted by molar-refractivity contribution is 0.544. The summed E-state index contributed by atoms with van der Waals surface area (Å²) in [5.41, 5.74) is 1.17. The van der Waals surface area contributed by atoms with Gasteiger partial charge in [-0.25, -0.2) is 9.97 Å². The molecule has 0 bridgehead atoms. The van der Waals surface area contributed by atoms with Crippen molar-refractivity contribution in [2.75, 3.05) is 24.2 Å². The molecule has 0 aliphatic heterocycles. The van der Waals surface area contributed by atoms with Crippen LogP contribution in [0.5, 0.6) is 0 Å². The van der Waals surface area contributed by atoms with Crippen molar-refractivity contribution in [1.29, 1.82) is 0 Å². The summed E-state index contributed by atoms with van der Waals surface area (Å²) in [5, 5.41) is 6.59. The zero-order chi connectivity index (χ0) is 14.3. The molecule has 0 aliphatic rings. The molecule has 19 heavy (non-hydrogen) atoms. The van der Waals surface area contributed by atoms with E-state index >= 15 is 0 Å². The predicted octanol–water partition coefficient (Wildman–Crippen LogP) is 3.88. The van der Waals surface area contributed by atoms with E-state index in [4.69, 9.17) is 0 Å². The highest BCUT2D eigenvalue weighted by molar-refractivity contribution is 5.58. The molecule has 0 amide bonds. The zero-order valence-corrected chi connectivity index (χ0v) is 13.0. The number of unbranched alkanes of at least 4 members (excludes halogenated alkanes) is 1. The van der Waals surface area contributed by atoms with Crippen molar-refractivity contribution in [2.45, 2.75) is 52.9 Å². The van der Waals surface area contributed by atoms with Crippen LogP contribution in [-0.4, -0.2) is 23.6 Å². The van der Waals surface area contributed by atoms with Crippen molar-refractivity contribution in [3.8, 4) is 0 Å². The molecule has 0 saturated heterocycles. The smallest absolute Gasteiger partial charge is 0.134 e. The molecule has 1 heterocycles. The third kappa shape index (κ3) is 5.05. The number of hydrogen-bond donors (Lipinski definition) is 2. The van der Waals surface area contributed by atoms with Crippen molar-refractivity contribution in [1.82, 2.24) is 9.97 Å². The van der Waals surface area contributed by atoms with Crippen LogP contribution in [0.3, 0.4) is 0 Å². The Hall–Kier alpha value is -1.32. The van der Waals surface area contributed by atoms with Gasteiger partial charge >= 0.3 is 0 Å². The molecule has 1 aromatic rings. The molecular weight excluding hydrogens is 236 g/mol. The summed E-state index contributed by atoms with van der Waals surface area (Å²) in [7, 11) is 1.90. The monoisotopic (exact) mass is 264 g/mol. The van der Waals surface area contributed by atoms with E-state index in [-0.39, 0.29) is 0 Å². The lowest BCUT2D eigenvalue weighted by atomic mass is 10.0.